The predicted molar refractivity (Wildman–Crippen MR) is 119 cm³/mol. The zero-order chi connectivity index (χ0) is 21.3. The van der Waals surface area contributed by atoms with Crippen LogP contribution in [0, 0.1) is 0 Å². The molecule has 150 valence electrons. The van der Waals surface area contributed by atoms with Crippen molar-refractivity contribution in [2.24, 2.45) is 0 Å². The highest BCUT2D eigenvalue weighted by atomic mass is 35.5. The lowest BCUT2D eigenvalue weighted by atomic mass is 10.1. The first kappa shape index (κ1) is 19.7. The normalized spacial score (nSPS) is 10.8. The molecule has 4 aromatic rings. The molecule has 1 heterocycles. The van der Waals surface area contributed by atoms with Gasteiger partial charge in [-0.05, 0) is 42.5 Å². The molecule has 0 saturated heterocycles. The molecule has 6 heteroatoms. The van der Waals surface area contributed by atoms with Crippen molar-refractivity contribution in [3.8, 4) is 17.1 Å². The highest BCUT2D eigenvalue weighted by Gasteiger charge is 2.21. The molecular weight excluding hydrogens is 402 g/mol. The van der Waals surface area contributed by atoms with Crippen LogP contribution in [0.2, 0.25) is 5.02 Å². The van der Waals surface area contributed by atoms with E-state index in [1.807, 2.05) is 37.2 Å². The number of carbonyl (C=O) groups is 1. The van der Waals surface area contributed by atoms with E-state index in [4.69, 9.17) is 20.8 Å². The van der Waals surface area contributed by atoms with Crippen molar-refractivity contribution in [3.05, 3.63) is 93.6 Å². The van der Waals surface area contributed by atoms with E-state index in [1.165, 1.54) is 6.07 Å². The molecule has 0 aliphatic heterocycles. The van der Waals surface area contributed by atoms with Crippen molar-refractivity contribution in [3.63, 3.8) is 0 Å². The van der Waals surface area contributed by atoms with Crippen molar-refractivity contribution in [2.45, 2.75) is 0 Å². The highest BCUT2D eigenvalue weighted by Crippen LogP contribution is 2.32. The molecule has 4 rings (SSSR count). The Kier molecular flexibility index (Phi) is 5.29. The van der Waals surface area contributed by atoms with E-state index in [2.05, 4.69) is 0 Å². The van der Waals surface area contributed by atoms with Gasteiger partial charge in [-0.3, -0.25) is 4.79 Å². The summed E-state index contributed by atoms with van der Waals surface area (Å²) in [5.74, 6) is -0.627. The van der Waals surface area contributed by atoms with E-state index in [-0.39, 0.29) is 16.9 Å². The van der Waals surface area contributed by atoms with Gasteiger partial charge in [0.05, 0.1) is 10.9 Å². The number of rotatable bonds is 4. The second kappa shape index (κ2) is 8.05. The van der Waals surface area contributed by atoms with Gasteiger partial charge in [-0.1, -0.05) is 41.9 Å². The van der Waals surface area contributed by atoms with Gasteiger partial charge in [-0.15, -0.1) is 0 Å². The second-order valence-electron chi connectivity index (χ2n) is 6.93. The summed E-state index contributed by atoms with van der Waals surface area (Å²) in [6, 6.07) is 20.7. The fourth-order valence-electron chi connectivity index (χ4n) is 3.07. The summed E-state index contributed by atoms with van der Waals surface area (Å²) in [7, 11) is 3.82. The van der Waals surface area contributed by atoms with Crippen LogP contribution in [0.1, 0.15) is 10.4 Å². The van der Waals surface area contributed by atoms with E-state index >= 15 is 0 Å². The fraction of sp³-hybridized carbons (Fsp3) is 0.0833. The van der Waals surface area contributed by atoms with Crippen molar-refractivity contribution >= 4 is 34.2 Å². The van der Waals surface area contributed by atoms with Crippen LogP contribution in [0.5, 0.6) is 5.75 Å². The molecule has 0 radical (unpaired) electrons. The summed E-state index contributed by atoms with van der Waals surface area (Å²) >= 11 is 6.05. The van der Waals surface area contributed by atoms with Crippen molar-refractivity contribution in [2.75, 3.05) is 19.0 Å². The van der Waals surface area contributed by atoms with Crippen LogP contribution in [-0.2, 0) is 0 Å². The molecule has 0 atom stereocenters. The first-order valence-corrected chi connectivity index (χ1v) is 9.63. The van der Waals surface area contributed by atoms with Crippen LogP contribution in [0.3, 0.4) is 0 Å². The van der Waals surface area contributed by atoms with Crippen molar-refractivity contribution in [1.29, 1.82) is 0 Å². The summed E-state index contributed by atoms with van der Waals surface area (Å²) < 4.78 is 11.5. The SMILES string of the molecule is CN(C)c1ccc(C(=O)Oc2c(-c3ccccc3)oc3ccc(Cl)cc3c2=O)cc1. The molecule has 0 amide bonds. The largest absolute Gasteiger partial charge is 0.452 e. The Morgan fingerprint density at radius 3 is 2.33 bits per heavy atom. The number of ether oxygens (including phenoxy) is 1. The zero-order valence-corrected chi connectivity index (χ0v) is 17.1. The molecule has 0 bridgehead atoms. The van der Waals surface area contributed by atoms with Crippen LogP contribution in [0.25, 0.3) is 22.3 Å². The van der Waals surface area contributed by atoms with Crippen LogP contribution < -0.4 is 15.1 Å². The molecular formula is C24H18ClNO4. The number of benzene rings is 3. The summed E-state index contributed by atoms with van der Waals surface area (Å²) in [5, 5.41) is 0.631. The van der Waals surface area contributed by atoms with E-state index in [9.17, 15) is 9.59 Å². The smallest absolute Gasteiger partial charge is 0.343 e. The van der Waals surface area contributed by atoms with Gasteiger partial charge in [0.2, 0.25) is 11.2 Å². The fourth-order valence-corrected chi connectivity index (χ4v) is 3.24. The molecule has 3 aromatic carbocycles. The third kappa shape index (κ3) is 3.80. The lowest BCUT2D eigenvalue weighted by Crippen LogP contribution is -2.16. The summed E-state index contributed by atoms with van der Waals surface area (Å²) in [6.07, 6.45) is 0. The molecule has 0 saturated carbocycles. The van der Waals surface area contributed by atoms with E-state index in [0.29, 0.717) is 21.7 Å². The Morgan fingerprint density at radius 1 is 0.967 bits per heavy atom. The average molecular weight is 420 g/mol. The number of halogens is 1. The number of hydrogen-bond acceptors (Lipinski definition) is 5. The number of esters is 1. The lowest BCUT2D eigenvalue weighted by molar-refractivity contribution is 0.0731. The number of anilines is 1. The highest BCUT2D eigenvalue weighted by molar-refractivity contribution is 6.31. The van der Waals surface area contributed by atoms with Gasteiger partial charge in [-0.2, -0.15) is 0 Å². The third-order valence-corrected chi connectivity index (χ3v) is 4.90. The number of fused-ring (bicyclic) bond motifs is 1. The topological polar surface area (TPSA) is 59.8 Å². The molecule has 0 aliphatic rings. The van der Waals surface area contributed by atoms with E-state index in [1.54, 1.807) is 48.5 Å². The quantitative estimate of drug-likeness (QED) is 0.414. The molecule has 1 aromatic heterocycles. The Morgan fingerprint density at radius 2 is 1.67 bits per heavy atom. The molecule has 0 fully saturated rings. The summed E-state index contributed by atoms with van der Waals surface area (Å²) in [4.78, 5) is 27.9. The van der Waals surface area contributed by atoms with E-state index < -0.39 is 11.4 Å². The number of carbonyl (C=O) groups excluding carboxylic acids is 1. The first-order valence-electron chi connectivity index (χ1n) is 9.25. The van der Waals surface area contributed by atoms with Crippen LogP contribution in [-0.4, -0.2) is 20.1 Å². The van der Waals surface area contributed by atoms with Gasteiger partial charge in [0, 0.05) is 30.4 Å². The lowest BCUT2D eigenvalue weighted by Gasteiger charge is -2.13. The maximum atomic E-state index is 13.2. The van der Waals surface area contributed by atoms with Crippen molar-refractivity contribution in [1.82, 2.24) is 0 Å². The Balaban J connectivity index is 1.83. The van der Waals surface area contributed by atoms with Gasteiger partial charge < -0.3 is 14.1 Å². The van der Waals surface area contributed by atoms with E-state index in [0.717, 1.165) is 5.69 Å². The van der Waals surface area contributed by atoms with Gasteiger partial charge in [0.1, 0.15) is 5.58 Å². The average Bonchev–Trinajstić information content (AvgIpc) is 2.76. The standard InChI is InChI=1S/C24H18ClNO4/c1-26(2)18-11-8-16(9-12-18)24(28)30-23-21(27)19-14-17(25)10-13-20(19)29-22(23)15-6-4-3-5-7-15/h3-14H,1-2H3. The first-order chi connectivity index (χ1) is 14.4. The molecule has 0 N–H and O–H groups in total. The second-order valence-corrected chi connectivity index (χ2v) is 7.36. The Bertz CT molecular complexity index is 1280. The monoisotopic (exact) mass is 419 g/mol. The van der Waals surface area contributed by atoms with Crippen LogP contribution in [0.4, 0.5) is 5.69 Å². The summed E-state index contributed by atoms with van der Waals surface area (Å²) in [5.41, 5.74) is 1.79. The maximum absolute atomic E-state index is 13.2. The van der Waals surface area contributed by atoms with Crippen LogP contribution >= 0.6 is 11.6 Å². The molecule has 0 spiro atoms. The summed E-state index contributed by atoms with van der Waals surface area (Å²) in [6.45, 7) is 0. The van der Waals surface area contributed by atoms with Gasteiger partial charge in [0.25, 0.3) is 0 Å². The maximum Gasteiger partial charge on any atom is 0.343 e. The number of hydrogen-bond donors (Lipinski definition) is 0. The number of nitrogens with zero attached hydrogens (tertiary/aromatic N) is 1. The Labute approximate surface area is 178 Å². The third-order valence-electron chi connectivity index (χ3n) is 4.66. The predicted octanol–water partition coefficient (Wildman–Crippen LogP) is 5.40. The Hall–Kier alpha value is -3.57. The van der Waals surface area contributed by atoms with Crippen molar-refractivity contribution < 1.29 is 13.9 Å². The van der Waals surface area contributed by atoms with Gasteiger partial charge in [0.15, 0.2) is 5.76 Å². The van der Waals surface area contributed by atoms with Gasteiger partial charge >= 0.3 is 5.97 Å². The minimum atomic E-state index is -0.647. The minimum Gasteiger partial charge on any atom is -0.452 e. The molecule has 0 aliphatic carbocycles. The molecule has 5 nitrogen and oxygen atoms in total. The minimum absolute atomic E-state index is 0.169. The molecule has 0 unspecified atom stereocenters. The van der Waals surface area contributed by atoms with Gasteiger partial charge in [-0.25, -0.2) is 4.79 Å². The van der Waals surface area contributed by atoms with Crippen LogP contribution in [0.15, 0.2) is 82.0 Å². The molecule has 30 heavy (non-hydrogen) atoms. The zero-order valence-electron chi connectivity index (χ0n) is 16.4.